The lowest BCUT2D eigenvalue weighted by molar-refractivity contribution is 0.120. The molecular formula is C32H39BN4O5. The normalized spacial score (nSPS) is 15.9. The van der Waals surface area contributed by atoms with Crippen molar-refractivity contribution < 1.29 is 18.9 Å². The van der Waals surface area contributed by atoms with E-state index in [9.17, 15) is 9.82 Å². The van der Waals surface area contributed by atoms with Gasteiger partial charge in [-0.3, -0.25) is 9.79 Å². The molecule has 0 saturated carbocycles. The highest BCUT2D eigenvalue weighted by Gasteiger charge is 2.26. The SMILES string of the molecule is C=N/C(=C(\C=C/C)NC(C)c1cc(C)cc2c(=O)c(C)c(N3CCOCC3)oc12)c1ccc2c(c1)C=NOB2O.CC. The molecule has 9 nitrogen and oxygen atoms in total. The van der Waals surface area contributed by atoms with Crippen LogP contribution in [0.5, 0.6) is 0 Å². The summed E-state index contributed by atoms with van der Waals surface area (Å²) in [5.74, 6) is 0.595. The smallest absolute Gasteiger partial charge is 0.440 e. The van der Waals surface area contributed by atoms with Gasteiger partial charge in [-0.2, -0.15) is 0 Å². The highest BCUT2D eigenvalue weighted by Crippen LogP contribution is 2.32. The summed E-state index contributed by atoms with van der Waals surface area (Å²) < 4.78 is 17.0. The average molecular weight is 570 g/mol. The van der Waals surface area contributed by atoms with Crippen molar-refractivity contribution in [3.8, 4) is 0 Å². The van der Waals surface area contributed by atoms with E-state index in [0.717, 1.165) is 28.0 Å². The first-order valence-electron chi connectivity index (χ1n) is 14.3. The summed E-state index contributed by atoms with van der Waals surface area (Å²) >= 11 is 0. The number of benzene rings is 2. The quantitative estimate of drug-likeness (QED) is 0.243. The zero-order valence-electron chi connectivity index (χ0n) is 25.2. The van der Waals surface area contributed by atoms with E-state index in [-0.39, 0.29) is 11.5 Å². The van der Waals surface area contributed by atoms with Crippen molar-refractivity contribution in [2.75, 3.05) is 31.2 Å². The van der Waals surface area contributed by atoms with Gasteiger partial charge in [-0.1, -0.05) is 38.1 Å². The van der Waals surface area contributed by atoms with Gasteiger partial charge >= 0.3 is 7.12 Å². The third kappa shape index (κ3) is 6.19. The molecule has 0 bridgehead atoms. The van der Waals surface area contributed by atoms with Gasteiger partial charge in [0, 0.05) is 29.7 Å². The molecule has 0 radical (unpaired) electrons. The number of hydrogen-bond acceptors (Lipinski definition) is 9. The summed E-state index contributed by atoms with van der Waals surface area (Å²) in [5, 5.41) is 18.0. The fraction of sp³-hybridized carbons (Fsp3) is 0.344. The lowest BCUT2D eigenvalue weighted by Crippen LogP contribution is -2.37. The molecule has 0 spiro atoms. The topological polar surface area (TPSA) is 109 Å². The first-order chi connectivity index (χ1) is 20.3. The van der Waals surface area contributed by atoms with Gasteiger partial charge in [0.1, 0.15) is 5.58 Å². The minimum atomic E-state index is -1.11. The minimum absolute atomic E-state index is 0.0283. The van der Waals surface area contributed by atoms with Gasteiger partial charge in [0.2, 0.25) is 5.88 Å². The van der Waals surface area contributed by atoms with Gasteiger partial charge < -0.3 is 29.1 Å². The molecule has 42 heavy (non-hydrogen) atoms. The van der Waals surface area contributed by atoms with E-state index in [1.165, 1.54) is 0 Å². The van der Waals surface area contributed by atoms with Crippen LogP contribution in [0.2, 0.25) is 0 Å². The van der Waals surface area contributed by atoms with Crippen molar-refractivity contribution in [2.45, 2.75) is 47.6 Å². The average Bonchev–Trinajstić information content (AvgIpc) is 3.01. The summed E-state index contributed by atoms with van der Waals surface area (Å²) in [6.45, 7) is 18.1. The molecule has 1 aromatic heterocycles. The third-order valence-corrected chi connectivity index (χ3v) is 7.23. The van der Waals surface area contributed by atoms with Crippen molar-refractivity contribution >= 4 is 48.1 Å². The number of nitrogens with one attached hydrogen (secondary N) is 1. The fourth-order valence-corrected chi connectivity index (χ4v) is 5.21. The molecular weight excluding hydrogens is 531 g/mol. The number of morpholine rings is 1. The van der Waals surface area contributed by atoms with Crippen molar-refractivity contribution in [1.29, 1.82) is 0 Å². The third-order valence-electron chi connectivity index (χ3n) is 7.23. The van der Waals surface area contributed by atoms with Gasteiger partial charge in [-0.25, -0.2) is 0 Å². The Balaban J connectivity index is 0.00000198. The summed E-state index contributed by atoms with van der Waals surface area (Å²) in [6.07, 6.45) is 5.42. The molecule has 3 heterocycles. The van der Waals surface area contributed by atoms with Crippen molar-refractivity contribution in [2.24, 2.45) is 10.1 Å². The number of anilines is 1. The Kier molecular flexibility index (Phi) is 10.0. The number of ether oxygens (including phenoxy) is 1. The van der Waals surface area contributed by atoms with Crippen LogP contribution < -0.4 is 21.1 Å². The summed E-state index contributed by atoms with van der Waals surface area (Å²) in [7, 11) is -1.11. The van der Waals surface area contributed by atoms with Crippen LogP contribution in [0.4, 0.5) is 5.88 Å². The van der Waals surface area contributed by atoms with Gasteiger partial charge in [0.05, 0.1) is 47.8 Å². The standard InChI is InChI=1S/C30H33BN4O5.C2H6/c1-6-7-26(27(32-5)21-8-9-25-22(16-21)17-33-40-31(25)37)34-20(4)23-14-18(2)15-24-28(36)19(3)30(39-29(23)24)35-10-12-38-13-11-35;1-2/h6-9,14-17,20,34,37H,5,10-13H2,1-4H3;1-2H3/b7-6-,27-26+;. The van der Waals surface area contributed by atoms with E-state index in [2.05, 4.69) is 27.1 Å². The lowest BCUT2D eigenvalue weighted by atomic mass is 9.75. The van der Waals surface area contributed by atoms with Crippen LogP contribution in [0.3, 0.4) is 0 Å². The zero-order valence-corrected chi connectivity index (χ0v) is 25.2. The number of fused-ring (bicyclic) bond motifs is 2. The number of rotatable bonds is 7. The highest BCUT2D eigenvalue weighted by molar-refractivity contribution is 6.62. The molecule has 0 amide bonds. The molecule has 2 N–H and O–H groups in total. The number of hydrogen-bond donors (Lipinski definition) is 2. The van der Waals surface area contributed by atoms with Gasteiger partial charge in [0.15, 0.2) is 5.43 Å². The maximum absolute atomic E-state index is 13.5. The molecule has 3 aromatic rings. The van der Waals surface area contributed by atoms with Crippen LogP contribution in [0, 0.1) is 13.8 Å². The van der Waals surface area contributed by atoms with Crippen LogP contribution in [0.15, 0.2) is 67.5 Å². The number of allylic oxidation sites excluding steroid dienone is 2. The van der Waals surface area contributed by atoms with E-state index in [1.807, 2.05) is 78.0 Å². The van der Waals surface area contributed by atoms with Crippen molar-refractivity contribution in [3.05, 3.63) is 86.2 Å². The predicted molar refractivity (Wildman–Crippen MR) is 172 cm³/mol. The molecule has 1 unspecified atom stereocenters. The summed E-state index contributed by atoms with van der Waals surface area (Å²) in [6, 6.07) is 9.24. The Morgan fingerprint density at radius 1 is 1.21 bits per heavy atom. The molecule has 10 heteroatoms. The first-order valence-corrected chi connectivity index (χ1v) is 14.3. The Hall–Kier alpha value is -4.15. The van der Waals surface area contributed by atoms with E-state index < -0.39 is 7.12 Å². The molecule has 1 saturated heterocycles. The largest absolute Gasteiger partial charge is 0.583 e. The number of aliphatic imine (C=N–C) groups is 1. The molecule has 2 aliphatic heterocycles. The molecule has 0 aliphatic carbocycles. The molecule has 1 fully saturated rings. The van der Waals surface area contributed by atoms with Crippen molar-refractivity contribution in [1.82, 2.24) is 5.32 Å². The van der Waals surface area contributed by atoms with Gasteiger partial charge in [-0.15, -0.1) is 5.16 Å². The molecule has 220 valence electrons. The predicted octanol–water partition coefficient (Wildman–Crippen LogP) is 4.62. The maximum Gasteiger partial charge on any atom is 0.583 e. The number of oxime groups is 1. The monoisotopic (exact) mass is 570 g/mol. The Morgan fingerprint density at radius 3 is 2.64 bits per heavy atom. The second-order valence-electron chi connectivity index (χ2n) is 10.0. The van der Waals surface area contributed by atoms with Crippen LogP contribution in [-0.2, 0) is 9.49 Å². The van der Waals surface area contributed by atoms with Crippen LogP contribution >= 0.6 is 0 Å². The summed E-state index contributed by atoms with van der Waals surface area (Å²) in [5.41, 5.74) is 6.51. The fourth-order valence-electron chi connectivity index (χ4n) is 5.21. The number of aryl methyl sites for hydroxylation is 1. The number of nitrogens with zero attached hydrogens (tertiary/aromatic N) is 3. The van der Waals surface area contributed by atoms with Crippen molar-refractivity contribution in [3.63, 3.8) is 0 Å². The second-order valence-corrected chi connectivity index (χ2v) is 10.0. The van der Waals surface area contributed by atoms with Gasteiger partial charge in [-0.05, 0) is 63.7 Å². The highest BCUT2D eigenvalue weighted by atomic mass is 16.6. The first kappa shape index (κ1) is 30.8. The van der Waals surface area contributed by atoms with E-state index in [1.54, 1.807) is 12.3 Å². The van der Waals surface area contributed by atoms with Crippen LogP contribution in [0.25, 0.3) is 16.7 Å². The Morgan fingerprint density at radius 2 is 1.95 bits per heavy atom. The van der Waals surface area contributed by atoms with E-state index >= 15 is 0 Å². The van der Waals surface area contributed by atoms with E-state index in [0.29, 0.717) is 59.9 Å². The van der Waals surface area contributed by atoms with Gasteiger partial charge in [0.25, 0.3) is 0 Å². The maximum atomic E-state index is 13.5. The molecule has 1 atom stereocenters. The lowest BCUT2D eigenvalue weighted by Gasteiger charge is -2.29. The molecule has 2 aromatic carbocycles. The van der Waals surface area contributed by atoms with E-state index in [4.69, 9.17) is 13.9 Å². The van der Waals surface area contributed by atoms with Crippen LogP contribution in [-0.4, -0.2) is 51.4 Å². The molecule has 5 rings (SSSR count). The second kappa shape index (κ2) is 13.7. The Labute approximate surface area is 247 Å². The molecule has 2 aliphatic rings. The summed E-state index contributed by atoms with van der Waals surface area (Å²) in [4.78, 5) is 19.9. The minimum Gasteiger partial charge on any atom is -0.440 e. The Bertz CT molecular complexity index is 1600. The van der Waals surface area contributed by atoms with Crippen LogP contribution in [0.1, 0.15) is 61.6 Å². The zero-order chi connectivity index (χ0) is 30.4.